The van der Waals surface area contributed by atoms with Crippen LogP contribution in [0.2, 0.25) is 0 Å². The molecular formula is C17H25N3O3. The van der Waals surface area contributed by atoms with Gasteiger partial charge in [0.25, 0.3) is 5.91 Å². The maximum atomic E-state index is 12.6. The van der Waals surface area contributed by atoms with Gasteiger partial charge in [0.1, 0.15) is 5.69 Å². The molecule has 4 N–H and O–H groups in total. The van der Waals surface area contributed by atoms with Crippen LogP contribution in [0.4, 0.5) is 0 Å². The van der Waals surface area contributed by atoms with Gasteiger partial charge in [-0.1, -0.05) is 0 Å². The van der Waals surface area contributed by atoms with Crippen LogP contribution < -0.4 is 16.1 Å². The molecule has 1 atom stereocenters. The molecule has 6 nitrogen and oxygen atoms in total. The van der Waals surface area contributed by atoms with Crippen LogP contribution in [0.15, 0.2) is 16.9 Å². The average Bonchev–Trinajstić information content (AvgIpc) is 2.49. The van der Waals surface area contributed by atoms with E-state index in [2.05, 4.69) is 15.6 Å². The van der Waals surface area contributed by atoms with E-state index in [1.54, 1.807) is 6.92 Å². The van der Waals surface area contributed by atoms with E-state index in [9.17, 15) is 14.7 Å². The number of aromatic nitrogens is 1. The summed E-state index contributed by atoms with van der Waals surface area (Å²) in [6.45, 7) is 3.70. The van der Waals surface area contributed by atoms with Gasteiger partial charge in [-0.25, -0.2) is 0 Å². The lowest BCUT2D eigenvalue weighted by molar-refractivity contribution is 0.00913. The monoisotopic (exact) mass is 319 g/mol. The van der Waals surface area contributed by atoms with Gasteiger partial charge in [0.15, 0.2) is 5.43 Å². The van der Waals surface area contributed by atoms with Crippen molar-refractivity contribution in [3.8, 4) is 0 Å². The summed E-state index contributed by atoms with van der Waals surface area (Å²) in [5.74, 6) is 0.526. The second kappa shape index (κ2) is 6.84. The molecule has 1 aliphatic carbocycles. The predicted molar refractivity (Wildman–Crippen MR) is 87.4 cm³/mol. The highest BCUT2D eigenvalue weighted by Gasteiger charge is 2.39. The Morgan fingerprint density at radius 1 is 1.26 bits per heavy atom. The number of nitrogens with one attached hydrogen (secondary N) is 3. The summed E-state index contributed by atoms with van der Waals surface area (Å²) in [6, 6.07) is 2.89. The topological polar surface area (TPSA) is 94.2 Å². The van der Waals surface area contributed by atoms with Gasteiger partial charge >= 0.3 is 0 Å². The second-order valence-corrected chi connectivity index (χ2v) is 6.88. The van der Waals surface area contributed by atoms with Gasteiger partial charge < -0.3 is 20.7 Å². The Morgan fingerprint density at radius 3 is 2.57 bits per heavy atom. The van der Waals surface area contributed by atoms with Crippen LogP contribution in [-0.2, 0) is 0 Å². The number of rotatable bonds is 4. The van der Waals surface area contributed by atoms with Crippen LogP contribution in [0, 0.1) is 18.8 Å². The first-order valence-electron chi connectivity index (χ1n) is 8.43. The molecule has 0 spiro atoms. The molecule has 1 aliphatic heterocycles. The molecule has 0 bridgehead atoms. The fourth-order valence-corrected chi connectivity index (χ4v) is 3.78. The number of H-pyrrole nitrogens is 1. The largest absolute Gasteiger partial charge is 0.393 e. The number of hydrogen-bond donors (Lipinski definition) is 4. The molecule has 1 amide bonds. The number of aliphatic hydroxyl groups excluding tert-OH is 1. The van der Waals surface area contributed by atoms with Crippen molar-refractivity contribution in [2.24, 2.45) is 11.8 Å². The average molecular weight is 319 g/mol. The fourth-order valence-electron chi connectivity index (χ4n) is 3.78. The molecule has 1 saturated heterocycles. The number of piperidine rings is 1. The molecule has 2 fully saturated rings. The Balaban J connectivity index is 1.74. The van der Waals surface area contributed by atoms with Gasteiger partial charge in [0.2, 0.25) is 0 Å². The number of aryl methyl sites for hydroxylation is 1. The molecule has 6 heteroatoms. The number of aliphatic hydroxyl groups is 1. The third-order valence-corrected chi connectivity index (χ3v) is 5.07. The lowest BCUT2D eigenvalue weighted by atomic mass is 9.71. The molecule has 1 aromatic rings. The molecule has 1 aromatic heterocycles. The van der Waals surface area contributed by atoms with Crippen molar-refractivity contribution in [3.05, 3.63) is 33.7 Å². The molecule has 1 saturated carbocycles. The first-order chi connectivity index (χ1) is 11.0. The van der Waals surface area contributed by atoms with Gasteiger partial charge in [-0.15, -0.1) is 0 Å². The second-order valence-electron chi connectivity index (χ2n) is 6.88. The number of amides is 1. The number of carbonyl (C=O) groups is 1. The molecule has 23 heavy (non-hydrogen) atoms. The lowest BCUT2D eigenvalue weighted by Gasteiger charge is -2.43. The fraction of sp³-hybridized carbons (Fsp3) is 0.647. The Kier molecular flexibility index (Phi) is 4.82. The molecule has 2 heterocycles. The van der Waals surface area contributed by atoms with Crippen LogP contribution in [0.25, 0.3) is 0 Å². The van der Waals surface area contributed by atoms with Gasteiger partial charge in [-0.2, -0.15) is 0 Å². The van der Waals surface area contributed by atoms with E-state index in [4.69, 9.17) is 0 Å². The Bertz CT molecular complexity index is 616. The first kappa shape index (κ1) is 16.2. The maximum absolute atomic E-state index is 12.6. The third-order valence-electron chi connectivity index (χ3n) is 5.07. The highest BCUT2D eigenvalue weighted by Crippen LogP contribution is 2.35. The Hall–Kier alpha value is -1.66. The molecule has 3 rings (SSSR count). The summed E-state index contributed by atoms with van der Waals surface area (Å²) in [7, 11) is 0. The normalized spacial score (nSPS) is 26.3. The van der Waals surface area contributed by atoms with Crippen molar-refractivity contribution in [3.63, 3.8) is 0 Å². The highest BCUT2D eigenvalue weighted by molar-refractivity contribution is 5.92. The zero-order valence-corrected chi connectivity index (χ0v) is 13.5. The van der Waals surface area contributed by atoms with Crippen LogP contribution >= 0.6 is 0 Å². The van der Waals surface area contributed by atoms with Gasteiger partial charge in [-0.05, 0) is 57.5 Å². The number of carbonyl (C=O) groups excluding carboxylic acids is 1. The summed E-state index contributed by atoms with van der Waals surface area (Å²) < 4.78 is 0. The zero-order valence-electron chi connectivity index (χ0n) is 13.5. The van der Waals surface area contributed by atoms with Crippen molar-refractivity contribution in [1.29, 1.82) is 0 Å². The standard InChI is InChI=1S/C17H25N3O3/c1-10-6-13(21)9-15(19-10)17(23)20-16(12-7-14(22)8-12)11-2-4-18-5-3-11/h6,9,11-12,14,16,18,22H,2-5,7-8H2,1H3,(H,19,21)(H,20,23). The molecular weight excluding hydrogens is 294 g/mol. The SMILES string of the molecule is Cc1cc(=O)cc(C(=O)NC(C2CCNCC2)C2CC(O)C2)[nH]1. The molecule has 2 aliphatic rings. The lowest BCUT2D eigenvalue weighted by Crippen LogP contribution is -2.53. The van der Waals surface area contributed by atoms with Gasteiger partial charge in [0, 0.05) is 23.9 Å². The van der Waals surface area contributed by atoms with E-state index in [0.717, 1.165) is 38.8 Å². The minimum atomic E-state index is -0.236. The van der Waals surface area contributed by atoms with Gasteiger partial charge in [0.05, 0.1) is 6.10 Å². The first-order valence-corrected chi connectivity index (χ1v) is 8.43. The quantitative estimate of drug-likeness (QED) is 0.652. The van der Waals surface area contributed by atoms with Crippen molar-refractivity contribution in [2.75, 3.05) is 13.1 Å². The summed E-state index contributed by atoms with van der Waals surface area (Å²) in [5.41, 5.74) is 0.831. The minimum absolute atomic E-state index is 0.0667. The van der Waals surface area contributed by atoms with E-state index < -0.39 is 0 Å². The summed E-state index contributed by atoms with van der Waals surface area (Å²) in [4.78, 5) is 27.1. The number of hydrogen-bond acceptors (Lipinski definition) is 4. The number of pyridine rings is 1. The molecule has 1 unspecified atom stereocenters. The zero-order chi connectivity index (χ0) is 16.4. The van der Waals surface area contributed by atoms with E-state index >= 15 is 0 Å². The highest BCUT2D eigenvalue weighted by atomic mass is 16.3. The number of aromatic amines is 1. The van der Waals surface area contributed by atoms with Crippen molar-refractivity contribution < 1.29 is 9.90 Å². The van der Waals surface area contributed by atoms with E-state index in [0.29, 0.717) is 23.2 Å². The Labute approximate surface area is 135 Å². The van der Waals surface area contributed by atoms with Crippen LogP contribution in [0.1, 0.15) is 41.9 Å². The maximum Gasteiger partial charge on any atom is 0.268 e. The summed E-state index contributed by atoms with van der Waals surface area (Å²) in [6.07, 6.45) is 3.32. The van der Waals surface area contributed by atoms with Crippen molar-refractivity contribution >= 4 is 5.91 Å². The molecule has 0 radical (unpaired) electrons. The van der Waals surface area contributed by atoms with E-state index in [1.807, 2.05) is 0 Å². The third kappa shape index (κ3) is 3.82. The minimum Gasteiger partial charge on any atom is -0.393 e. The van der Waals surface area contributed by atoms with Crippen LogP contribution in [0.5, 0.6) is 0 Å². The van der Waals surface area contributed by atoms with Crippen LogP contribution in [0.3, 0.4) is 0 Å². The summed E-state index contributed by atoms with van der Waals surface area (Å²) in [5, 5.41) is 16.1. The predicted octanol–water partition coefficient (Wildman–Crippen LogP) is 0.552. The van der Waals surface area contributed by atoms with Crippen molar-refractivity contribution in [1.82, 2.24) is 15.6 Å². The Morgan fingerprint density at radius 2 is 1.96 bits per heavy atom. The van der Waals surface area contributed by atoms with Gasteiger partial charge in [-0.3, -0.25) is 9.59 Å². The smallest absolute Gasteiger partial charge is 0.268 e. The molecule has 126 valence electrons. The van der Waals surface area contributed by atoms with E-state index in [1.165, 1.54) is 12.1 Å². The molecule has 0 aromatic carbocycles. The van der Waals surface area contributed by atoms with E-state index in [-0.39, 0.29) is 23.5 Å². The summed E-state index contributed by atoms with van der Waals surface area (Å²) >= 11 is 0. The van der Waals surface area contributed by atoms with Crippen molar-refractivity contribution in [2.45, 2.75) is 44.8 Å². The van der Waals surface area contributed by atoms with Crippen LogP contribution in [-0.4, -0.2) is 41.2 Å².